The molecule has 0 rings (SSSR count). The highest BCUT2D eigenvalue weighted by Gasteiger charge is 2.12. The number of carbonyl (C=O) groups is 2. The van der Waals surface area contributed by atoms with Crippen LogP contribution < -0.4 is 10.6 Å². The number of ether oxygens (including phenoxy) is 1. The molecule has 0 aliphatic carbocycles. The Hall–Kier alpha value is -1.52. The number of rotatable bonds is 4. The number of hydrogen-bond acceptors (Lipinski definition) is 3. The smallest absolute Gasteiger partial charge is 0.318 e. The van der Waals surface area contributed by atoms with Gasteiger partial charge in [-0.05, 0) is 12.3 Å². The number of amides is 2. The highest BCUT2D eigenvalue weighted by atomic mass is 16.5. The standard InChI is InChI=1S/C12H22N2O3/c1-9(12(2,3)4)8-14-11(16)13-7-6-10(15)17-5/h8H,6-7H2,1-5H3,(H2,13,14,16)/b9-8+. The molecule has 0 atom stereocenters. The predicted molar refractivity (Wildman–Crippen MR) is 66.4 cm³/mol. The van der Waals surface area contributed by atoms with E-state index in [9.17, 15) is 9.59 Å². The van der Waals surface area contributed by atoms with Gasteiger partial charge in [-0.15, -0.1) is 0 Å². The largest absolute Gasteiger partial charge is 0.469 e. The average molecular weight is 242 g/mol. The van der Waals surface area contributed by atoms with Crippen LogP contribution in [-0.2, 0) is 9.53 Å². The second-order valence-electron chi connectivity index (χ2n) is 4.80. The number of allylic oxidation sites excluding steroid dienone is 1. The summed E-state index contributed by atoms with van der Waals surface area (Å²) in [6.45, 7) is 8.41. The van der Waals surface area contributed by atoms with Crippen LogP contribution in [0.1, 0.15) is 34.1 Å². The summed E-state index contributed by atoms with van der Waals surface area (Å²) in [4.78, 5) is 22.1. The van der Waals surface area contributed by atoms with Crippen molar-refractivity contribution in [2.75, 3.05) is 13.7 Å². The Morgan fingerprint density at radius 3 is 2.35 bits per heavy atom. The molecule has 0 aromatic rings. The van der Waals surface area contributed by atoms with Crippen molar-refractivity contribution < 1.29 is 14.3 Å². The zero-order valence-electron chi connectivity index (χ0n) is 11.2. The average Bonchev–Trinajstić information content (AvgIpc) is 2.24. The Kier molecular flexibility index (Phi) is 6.31. The maximum absolute atomic E-state index is 11.3. The molecule has 0 saturated heterocycles. The fourth-order valence-electron chi connectivity index (χ4n) is 0.821. The van der Waals surface area contributed by atoms with Gasteiger partial charge in [-0.2, -0.15) is 0 Å². The van der Waals surface area contributed by atoms with Crippen molar-refractivity contribution in [3.8, 4) is 0 Å². The minimum atomic E-state index is -0.341. The Labute approximate surface area is 103 Å². The maximum Gasteiger partial charge on any atom is 0.318 e. The molecule has 5 nitrogen and oxygen atoms in total. The van der Waals surface area contributed by atoms with Crippen LogP contribution >= 0.6 is 0 Å². The highest BCUT2D eigenvalue weighted by Crippen LogP contribution is 2.23. The quantitative estimate of drug-likeness (QED) is 0.739. The molecule has 2 N–H and O–H groups in total. The van der Waals surface area contributed by atoms with Gasteiger partial charge in [0.1, 0.15) is 0 Å². The van der Waals surface area contributed by atoms with Gasteiger partial charge in [0.15, 0.2) is 0 Å². The van der Waals surface area contributed by atoms with Gasteiger partial charge in [0.05, 0.1) is 13.5 Å². The summed E-state index contributed by atoms with van der Waals surface area (Å²) in [6, 6.07) is -0.322. The monoisotopic (exact) mass is 242 g/mol. The van der Waals surface area contributed by atoms with Crippen molar-refractivity contribution in [1.29, 1.82) is 0 Å². The van der Waals surface area contributed by atoms with E-state index in [4.69, 9.17) is 0 Å². The number of urea groups is 1. The fourth-order valence-corrected chi connectivity index (χ4v) is 0.821. The first-order valence-corrected chi connectivity index (χ1v) is 5.56. The minimum Gasteiger partial charge on any atom is -0.469 e. The van der Waals surface area contributed by atoms with Gasteiger partial charge in [0.2, 0.25) is 0 Å². The van der Waals surface area contributed by atoms with E-state index in [0.29, 0.717) is 0 Å². The maximum atomic E-state index is 11.3. The first kappa shape index (κ1) is 15.5. The Bertz CT molecular complexity index is 303. The molecular weight excluding hydrogens is 220 g/mol. The molecular formula is C12H22N2O3. The van der Waals surface area contributed by atoms with Crippen molar-refractivity contribution >= 4 is 12.0 Å². The van der Waals surface area contributed by atoms with E-state index in [-0.39, 0.29) is 30.4 Å². The second kappa shape index (κ2) is 6.93. The van der Waals surface area contributed by atoms with Crippen LogP contribution in [0, 0.1) is 5.41 Å². The van der Waals surface area contributed by atoms with Crippen molar-refractivity contribution in [3.05, 3.63) is 11.8 Å². The first-order valence-electron chi connectivity index (χ1n) is 5.56. The summed E-state index contributed by atoms with van der Waals surface area (Å²) in [5.74, 6) is -0.341. The first-order chi connectivity index (χ1) is 7.77. The lowest BCUT2D eigenvalue weighted by Gasteiger charge is -2.19. The van der Waals surface area contributed by atoms with E-state index in [0.717, 1.165) is 5.57 Å². The molecule has 0 spiro atoms. The summed E-state index contributed by atoms with van der Waals surface area (Å²) in [5.41, 5.74) is 1.10. The topological polar surface area (TPSA) is 67.4 Å². The summed E-state index contributed by atoms with van der Waals surface area (Å²) < 4.78 is 4.45. The predicted octanol–water partition coefficient (Wildman–Crippen LogP) is 1.80. The molecule has 5 heteroatoms. The van der Waals surface area contributed by atoms with Gasteiger partial charge in [-0.1, -0.05) is 26.3 Å². The molecule has 0 unspecified atom stereocenters. The van der Waals surface area contributed by atoms with Gasteiger partial charge in [0, 0.05) is 12.7 Å². The summed E-state index contributed by atoms with van der Waals surface area (Å²) >= 11 is 0. The SMILES string of the molecule is COC(=O)CCNC(=O)N/C=C(\C)C(C)(C)C. The molecule has 0 saturated carbocycles. The minimum absolute atomic E-state index is 0.0271. The van der Waals surface area contributed by atoms with E-state index in [1.165, 1.54) is 7.11 Å². The molecule has 17 heavy (non-hydrogen) atoms. The lowest BCUT2D eigenvalue weighted by atomic mass is 9.88. The molecule has 98 valence electrons. The van der Waals surface area contributed by atoms with Gasteiger partial charge < -0.3 is 15.4 Å². The van der Waals surface area contributed by atoms with E-state index >= 15 is 0 Å². The number of nitrogens with one attached hydrogen (secondary N) is 2. The molecule has 0 aliphatic rings. The Morgan fingerprint density at radius 2 is 1.88 bits per heavy atom. The summed E-state index contributed by atoms with van der Waals surface area (Å²) in [5, 5.41) is 5.18. The third-order valence-corrected chi connectivity index (χ3v) is 2.45. The number of carbonyl (C=O) groups excluding carboxylic acids is 2. The van der Waals surface area contributed by atoms with Crippen LogP contribution in [0.3, 0.4) is 0 Å². The van der Waals surface area contributed by atoms with Gasteiger partial charge in [0.25, 0.3) is 0 Å². The van der Waals surface area contributed by atoms with E-state index in [2.05, 4.69) is 36.1 Å². The number of hydrogen-bond donors (Lipinski definition) is 2. The van der Waals surface area contributed by atoms with Gasteiger partial charge in [-0.25, -0.2) is 4.79 Å². The van der Waals surface area contributed by atoms with Crippen LogP contribution in [0.5, 0.6) is 0 Å². The zero-order valence-corrected chi connectivity index (χ0v) is 11.2. The number of esters is 1. The molecule has 0 radical (unpaired) electrons. The van der Waals surface area contributed by atoms with Crippen LogP contribution in [0.15, 0.2) is 11.8 Å². The summed E-state index contributed by atoms with van der Waals surface area (Å²) in [6.07, 6.45) is 1.85. The van der Waals surface area contributed by atoms with E-state index in [1.54, 1.807) is 6.20 Å². The highest BCUT2D eigenvalue weighted by molar-refractivity contribution is 5.76. The van der Waals surface area contributed by atoms with Crippen LogP contribution in [0.4, 0.5) is 4.79 Å². The van der Waals surface area contributed by atoms with Crippen molar-refractivity contribution in [2.24, 2.45) is 5.41 Å². The second-order valence-corrected chi connectivity index (χ2v) is 4.80. The van der Waals surface area contributed by atoms with Crippen molar-refractivity contribution in [3.63, 3.8) is 0 Å². The molecule has 0 aromatic heterocycles. The number of methoxy groups -OCH3 is 1. The van der Waals surface area contributed by atoms with E-state index in [1.807, 2.05) is 6.92 Å². The third kappa shape index (κ3) is 7.38. The molecule has 0 bridgehead atoms. The molecule has 0 heterocycles. The molecule has 2 amide bonds. The molecule has 0 aliphatic heterocycles. The van der Waals surface area contributed by atoms with Crippen LogP contribution in [0.25, 0.3) is 0 Å². The van der Waals surface area contributed by atoms with Crippen molar-refractivity contribution in [1.82, 2.24) is 10.6 Å². The molecule has 0 fully saturated rings. The van der Waals surface area contributed by atoms with Gasteiger partial charge in [-0.3, -0.25) is 4.79 Å². The fraction of sp³-hybridized carbons (Fsp3) is 0.667. The normalized spacial score (nSPS) is 11.9. The lowest BCUT2D eigenvalue weighted by Crippen LogP contribution is -2.34. The molecule has 0 aromatic carbocycles. The van der Waals surface area contributed by atoms with Crippen molar-refractivity contribution in [2.45, 2.75) is 34.1 Å². The van der Waals surface area contributed by atoms with E-state index < -0.39 is 0 Å². The van der Waals surface area contributed by atoms with Crippen LogP contribution in [0.2, 0.25) is 0 Å². The summed E-state index contributed by atoms with van der Waals surface area (Å²) in [7, 11) is 1.32. The Balaban J connectivity index is 3.92. The third-order valence-electron chi connectivity index (χ3n) is 2.45. The Morgan fingerprint density at radius 1 is 1.29 bits per heavy atom. The van der Waals surface area contributed by atoms with Crippen LogP contribution in [-0.4, -0.2) is 25.7 Å². The lowest BCUT2D eigenvalue weighted by molar-refractivity contribution is -0.140. The zero-order chi connectivity index (χ0) is 13.5. The van der Waals surface area contributed by atoms with Gasteiger partial charge >= 0.3 is 12.0 Å².